The summed E-state index contributed by atoms with van der Waals surface area (Å²) >= 11 is 0. The van der Waals surface area contributed by atoms with Gasteiger partial charge in [0, 0.05) is 6.54 Å². The van der Waals surface area contributed by atoms with Gasteiger partial charge in [-0.2, -0.15) is 0 Å². The van der Waals surface area contributed by atoms with Gasteiger partial charge >= 0.3 is 0 Å². The quantitative estimate of drug-likeness (QED) is 0.864. The fraction of sp³-hybridized carbons (Fsp3) is 0.600. The van der Waals surface area contributed by atoms with Crippen molar-refractivity contribution in [3.8, 4) is 0 Å². The van der Waals surface area contributed by atoms with E-state index in [1.807, 2.05) is 0 Å². The predicted octanol–water partition coefficient (Wildman–Crippen LogP) is 2.46. The molecular formula is C15H24N2. The molecule has 0 aromatic heterocycles. The highest BCUT2D eigenvalue weighted by Crippen LogP contribution is 2.21. The van der Waals surface area contributed by atoms with E-state index in [4.69, 9.17) is 5.73 Å². The Balaban J connectivity index is 1.82. The van der Waals surface area contributed by atoms with E-state index >= 15 is 0 Å². The van der Waals surface area contributed by atoms with Gasteiger partial charge in [0.15, 0.2) is 0 Å². The monoisotopic (exact) mass is 232 g/mol. The molecule has 2 nitrogen and oxygen atoms in total. The molecule has 1 aliphatic heterocycles. The van der Waals surface area contributed by atoms with Crippen LogP contribution in [0.5, 0.6) is 0 Å². The van der Waals surface area contributed by atoms with E-state index in [-0.39, 0.29) is 0 Å². The molecule has 0 saturated carbocycles. The first-order chi connectivity index (χ1) is 8.29. The van der Waals surface area contributed by atoms with Crippen molar-refractivity contribution >= 4 is 0 Å². The second-order valence-corrected chi connectivity index (χ2v) is 5.29. The fourth-order valence-electron chi connectivity index (χ4n) is 2.68. The van der Waals surface area contributed by atoms with Gasteiger partial charge in [-0.25, -0.2) is 0 Å². The number of nitrogens with two attached hydrogens (primary N) is 1. The van der Waals surface area contributed by atoms with Crippen molar-refractivity contribution in [1.29, 1.82) is 0 Å². The molecule has 2 heteroatoms. The summed E-state index contributed by atoms with van der Waals surface area (Å²) in [6, 6.07) is 10.8. The summed E-state index contributed by atoms with van der Waals surface area (Å²) < 4.78 is 0. The van der Waals surface area contributed by atoms with E-state index in [1.54, 1.807) is 0 Å². The summed E-state index contributed by atoms with van der Waals surface area (Å²) in [6.07, 6.45) is 2.55. The van der Waals surface area contributed by atoms with Crippen molar-refractivity contribution in [2.75, 3.05) is 26.2 Å². The van der Waals surface area contributed by atoms with Gasteiger partial charge < -0.3 is 10.6 Å². The summed E-state index contributed by atoms with van der Waals surface area (Å²) in [6.45, 7) is 6.81. The highest BCUT2D eigenvalue weighted by Gasteiger charge is 2.19. The second-order valence-electron chi connectivity index (χ2n) is 5.29. The van der Waals surface area contributed by atoms with Crippen molar-refractivity contribution in [2.45, 2.75) is 25.7 Å². The van der Waals surface area contributed by atoms with Crippen molar-refractivity contribution in [3.63, 3.8) is 0 Å². The molecule has 0 radical (unpaired) electrons. The van der Waals surface area contributed by atoms with Crippen LogP contribution in [0.25, 0.3) is 0 Å². The molecule has 94 valence electrons. The minimum absolute atomic E-state index is 0.630. The number of likely N-dealkylation sites (tertiary alicyclic amines) is 1. The molecule has 0 unspecified atom stereocenters. The smallest absolute Gasteiger partial charge is 0.00476 e. The van der Waals surface area contributed by atoms with Gasteiger partial charge in [-0.3, -0.25) is 0 Å². The maximum Gasteiger partial charge on any atom is 0.00476 e. The summed E-state index contributed by atoms with van der Waals surface area (Å²) in [7, 11) is 0. The van der Waals surface area contributed by atoms with Gasteiger partial charge in [0.25, 0.3) is 0 Å². The first-order valence-corrected chi connectivity index (χ1v) is 6.77. The lowest BCUT2D eigenvalue weighted by Gasteiger charge is -2.33. The first kappa shape index (κ1) is 12.6. The molecule has 1 saturated heterocycles. The summed E-state index contributed by atoms with van der Waals surface area (Å²) in [5.41, 5.74) is 7.17. The predicted molar refractivity (Wildman–Crippen MR) is 73.1 cm³/mol. The van der Waals surface area contributed by atoms with Crippen LogP contribution in [0.4, 0.5) is 0 Å². The lowest BCUT2D eigenvalue weighted by Crippen LogP contribution is -2.38. The number of hydrogen-bond acceptors (Lipinski definition) is 2. The molecule has 1 atom stereocenters. The standard InChI is InChI=1S/C15H24N2/c1-13(15-5-3-2-4-6-15)12-17-9-7-14(11-16)8-10-17/h2-6,13-14H,7-12,16H2,1H3/t13-/m1/s1. The summed E-state index contributed by atoms with van der Waals surface area (Å²) in [4.78, 5) is 2.59. The fourth-order valence-corrected chi connectivity index (χ4v) is 2.68. The minimum atomic E-state index is 0.630. The van der Waals surface area contributed by atoms with Gasteiger partial charge in [-0.05, 0) is 49.9 Å². The van der Waals surface area contributed by atoms with Gasteiger partial charge in [-0.15, -0.1) is 0 Å². The van der Waals surface area contributed by atoms with Crippen LogP contribution in [0.15, 0.2) is 30.3 Å². The van der Waals surface area contributed by atoms with Crippen LogP contribution in [-0.4, -0.2) is 31.1 Å². The van der Waals surface area contributed by atoms with Crippen LogP contribution < -0.4 is 5.73 Å². The highest BCUT2D eigenvalue weighted by molar-refractivity contribution is 5.19. The van der Waals surface area contributed by atoms with Crippen LogP contribution in [0.3, 0.4) is 0 Å². The lowest BCUT2D eigenvalue weighted by atomic mass is 9.95. The van der Waals surface area contributed by atoms with E-state index in [9.17, 15) is 0 Å². The first-order valence-electron chi connectivity index (χ1n) is 6.77. The number of piperidine rings is 1. The Morgan fingerprint density at radius 2 is 1.88 bits per heavy atom. The third-order valence-electron chi connectivity index (χ3n) is 3.94. The lowest BCUT2D eigenvalue weighted by molar-refractivity contribution is 0.180. The largest absolute Gasteiger partial charge is 0.330 e. The Morgan fingerprint density at radius 1 is 1.24 bits per heavy atom. The average Bonchev–Trinajstić information content (AvgIpc) is 2.40. The van der Waals surface area contributed by atoms with Gasteiger partial charge in [-0.1, -0.05) is 37.3 Å². The zero-order chi connectivity index (χ0) is 12.1. The molecular weight excluding hydrogens is 208 g/mol. The SMILES string of the molecule is C[C@H](CN1CCC(CN)CC1)c1ccccc1. The third kappa shape index (κ3) is 3.55. The third-order valence-corrected chi connectivity index (χ3v) is 3.94. The zero-order valence-electron chi connectivity index (χ0n) is 10.8. The molecule has 2 N–H and O–H groups in total. The molecule has 1 fully saturated rings. The normalized spacial score (nSPS) is 20.4. The number of rotatable bonds is 4. The molecule has 0 aliphatic carbocycles. The van der Waals surface area contributed by atoms with Gasteiger partial charge in [0.2, 0.25) is 0 Å². The van der Waals surface area contributed by atoms with E-state index in [2.05, 4.69) is 42.2 Å². The van der Waals surface area contributed by atoms with Crippen molar-refractivity contribution in [2.24, 2.45) is 11.7 Å². The van der Waals surface area contributed by atoms with Crippen LogP contribution in [-0.2, 0) is 0 Å². The Bertz CT molecular complexity index is 315. The molecule has 1 aromatic carbocycles. The van der Waals surface area contributed by atoms with Crippen molar-refractivity contribution in [3.05, 3.63) is 35.9 Å². The van der Waals surface area contributed by atoms with Gasteiger partial charge in [0.05, 0.1) is 0 Å². The average molecular weight is 232 g/mol. The van der Waals surface area contributed by atoms with E-state index in [0.717, 1.165) is 12.5 Å². The maximum absolute atomic E-state index is 5.72. The van der Waals surface area contributed by atoms with Crippen LogP contribution in [0.2, 0.25) is 0 Å². The number of hydrogen-bond donors (Lipinski definition) is 1. The Kier molecular flexibility index (Phi) is 4.57. The molecule has 0 spiro atoms. The second kappa shape index (κ2) is 6.18. The molecule has 0 amide bonds. The van der Waals surface area contributed by atoms with Crippen LogP contribution >= 0.6 is 0 Å². The molecule has 1 aliphatic rings. The Hall–Kier alpha value is -0.860. The number of nitrogens with zero attached hydrogens (tertiary/aromatic N) is 1. The molecule has 2 rings (SSSR count). The zero-order valence-corrected chi connectivity index (χ0v) is 10.8. The maximum atomic E-state index is 5.72. The van der Waals surface area contributed by atoms with E-state index in [1.165, 1.54) is 38.0 Å². The Labute approximate surface area is 105 Å². The van der Waals surface area contributed by atoms with E-state index in [0.29, 0.717) is 5.92 Å². The molecule has 17 heavy (non-hydrogen) atoms. The van der Waals surface area contributed by atoms with E-state index < -0.39 is 0 Å². The van der Waals surface area contributed by atoms with Crippen LogP contribution in [0, 0.1) is 5.92 Å². The summed E-state index contributed by atoms with van der Waals surface area (Å²) in [5, 5.41) is 0. The molecule has 0 bridgehead atoms. The minimum Gasteiger partial charge on any atom is -0.330 e. The van der Waals surface area contributed by atoms with Crippen molar-refractivity contribution < 1.29 is 0 Å². The molecule has 1 aromatic rings. The molecule has 1 heterocycles. The van der Waals surface area contributed by atoms with Crippen molar-refractivity contribution in [1.82, 2.24) is 4.90 Å². The summed E-state index contributed by atoms with van der Waals surface area (Å²) in [5.74, 6) is 1.39. The van der Waals surface area contributed by atoms with Crippen LogP contribution in [0.1, 0.15) is 31.2 Å². The number of benzene rings is 1. The Morgan fingerprint density at radius 3 is 2.47 bits per heavy atom. The highest BCUT2D eigenvalue weighted by atomic mass is 15.1. The topological polar surface area (TPSA) is 29.3 Å². The van der Waals surface area contributed by atoms with Gasteiger partial charge in [0.1, 0.15) is 0 Å².